The van der Waals surface area contributed by atoms with Gasteiger partial charge in [-0.25, -0.2) is 4.39 Å². The fourth-order valence-electron chi connectivity index (χ4n) is 1.47. The van der Waals surface area contributed by atoms with Crippen molar-refractivity contribution in [1.82, 2.24) is 0 Å². The Labute approximate surface area is 134 Å². The van der Waals surface area contributed by atoms with E-state index >= 15 is 0 Å². The number of rotatable bonds is 8. The summed E-state index contributed by atoms with van der Waals surface area (Å²) in [5, 5.41) is 9.88. The van der Waals surface area contributed by atoms with Crippen LogP contribution in [0.2, 0.25) is 0 Å². The van der Waals surface area contributed by atoms with Crippen molar-refractivity contribution in [3.63, 3.8) is 0 Å². The highest BCUT2D eigenvalue weighted by molar-refractivity contribution is 9.18. The first kappa shape index (κ1) is 20.5. The second-order valence-corrected chi connectivity index (χ2v) is 5.01. The predicted molar refractivity (Wildman–Crippen MR) is 72.6 cm³/mol. The fourth-order valence-corrected chi connectivity index (χ4v) is 1.73. The number of carbonyl (C=O) groups is 4. The third kappa shape index (κ3) is 7.46. The molecule has 0 spiro atoms. The van der Waals surface area contributed by atoms with Gasteiger partial charge in [0.1, 0.15) is 12.7 Å². The van der Waals surface area contributed by atoms with E-state index in [4.69, 9.17) is 4.74 Å². The molecule has 0 amide bonds. The number of hydrogen-bond donors (Lipinski definition) is 1. The summed E-state index contributed by atoms with van der Waals surface area (Å²) >= 11 is 2.36. The maximum atomic E-state index is 13.9. The summed E-state index contributed by atoms with van der Waals surface area (Å²) in [6.07, 6.45) is -7.75. The largest absolute Gasteiger partial charge is 0.463 e. The number of carbonyl (C=O) groups excluding carboxylic acids is 4. The number of hydrogen-bond acceptors (Lipinski definition) is 8. The van der Waals surface area contributed by atoms with Crippen molar-refractivity contribution in [3.05, 3.63) is 0 Å². The van der Waals surface area contributed by atoms with Crippen LogP contribution in [0.25, 0.3) is 0 Å². The SMILES string of the molecule is CC(=O)OC[C@@H](O)[C@@H](OC(C)=O)[C@H](OC(C)=O)[C@@H](F)C(=O)Br. The molecule has 0 aromatic heterocycles. The maximum Gasteiger partial charge on any atom is 0.303 e. The van der Waals surface area contributed by atoms with Gasteiger partial charge < -0.3 is 19.3 Å². The lowest BCUT2D eigenvalue weighted by molar-refractivity contribution is -0.186. The molecule has 0 aliphatic carbocycles. The van der Waals surface area contributed by atoms with Crippen LogP contribution in [-0.2, 0) is 33.4 Å². The van der Waals surface area contributed by atoms with Crippen LogP contribution in [0.3, 0.4) is 0 Å². The molecule has 1 N–H and O–H groups in total. The van der Waals surface area contributed by atoms with E-state index in [-0.39, 0.29) is 0 Å². The van der Waals surface area contributed by atoms with Crippen LogP contribution in [0.1, 0.15) is 20.8 Å². The van der Waals surface area contributed by atoms with E-state index < -0.39 is 53.7 Å². The van der Waals surface area contributed by atoms with E-state index in [0.717, 1.165) is 20.8 Å². The summed E-state index contributed by atoms with van der Waals surface area (Å²) in [4.78, 5) is 43.9. The molecular formula is C12H16BrFO8. The molecule has 0 fully saturated rings. The molecule has 0 saturated heterocycles. The van der Waals surface area contributed by atoms with E-state index in [2.05, 4.69) is 25.4 Å². The molecule has 4 atom stereocenters. The quantitative estimate of drug-likeness (QED) is 0.353. The minimum atomic E-state index is -2.40. The van der Waals surface area contributed by atoms with Crippen LogP contribution in [0.4, 0.5) is 4.39 Å². The van der Waals surface area contributed by atoms with Crippen LogP contribution < -0.4 is 0 Å². The highest BCUT2D eigenvalue weighted by Crippen LogP contribution is 2.19. The fraction of sp³-hybridized carbons (Fsp3) is 0.667. The Morgan fingerprint density at radius 1 is 1.00 bits per heavy atom. The third-order valence-electron chi connectivity index (χ3n) is 2.27. The van der Waals surface area contributed by atoms with Crippen LogP contribution in [0.15, 0.2) is 0 Å². The van der Waals surface area contributed by atoms with Crippen molar-refractivity contribution in [2.75, 3.05) is 6.61 Å². The number of halogens is 2. The van der Waals surface area contributed by atoms with Gasteiger partial charge in [-0.15, -0.1) is 0 Å². The highest BCUT2D eigenvalue weighted by Gasteiger charge is 2.42. The smallest absolute Gasteiger partial charge is 0.303 e. The van der Waals surface area contributed by atoms with Crippen molar-refractivity contribution in [1.29, 1.82) is 0 Å². The Balaban J connectivity index is 5.34. The molecule has 0 saturated carbocycles. The Hall–Kier alpha value is -1.55. The molecule has 0 unspecified atom stereocenters. The molecule has 0 aromatic carbocycles. The van der Waals surface area contributed by atoms with E-state index in [1.165, 1.54) is 0 Å². The summed E-state index contributed by atoms with van der Waals surface area (Å²) in [5.74, 6) is -2.62. The van der Waals surface area contributed by atoms with Gasteiger partial charge in [-0.3, -0.25) is 19.2 Å². The minimum absolute atomic E-state index is 0.645. The highest BCUT2D eigenvalue weighted by atomic mass is 79.9. The maximum absolute atomic E-state index is 13.9. The van der Waals surface area contributed by atoms with E-state index in [0.29, 0.717) is 0 Å². The summed E-state index contributed by atoms with van der Waals surface area (Å²) in [6, 6.07) is 0. The number of ether oxygens (including phenoxy) is 3. The average Bonchev–Trinajstić information content (AvgIpc) is 2.38. The molecule has 0 radical (unpaired) electrons. The van der Waals surface area contributed by atoms with Crippen LogP contribution in [-0.4, -0.2) is 58.8 Å². The number of esters is 3. The zero-order chi connectivity index (χ0) is 17.4. The lowest BCUT2D eigenvalue weighted by Gasteiger charge is -2.30. The van der Waals surface area contributed by atoms with Crippen molar-refractivity contribution in [3.8, 4) is 0 Å². The lowest BCUT2D eigenvalue weighted by Crippen LogP contribution is -2.50. The molecule has 0 heterocycles. The molecule has 0 bridgehead atoms. The van der Waals surface area contributed by atoms with E-state index in [9.17, 15) is 28.7 Å². The van der Waals surface area contributed by atoms with Crippen molar-refractivity contribution in [2.45, 2.75) is 45.3 Å². The lowest BCUT2D eigenvalue weighted by atomic mass is 10.0. The first-order valence-electron chi connectivity index (χ1n) is 6.05. The summed E-state index contributed by atoms with van der Waals surface area (Å²) in [6.45, 7) is 2.34. The zero-order valence-corrected chi connectivity index (χ0v) is 13.7. The van der Waals surface area contributed by atoms with Crippen molar-refractivity contribution >= 4 is 38.5 Å². The summed E-state index contributed by atoms with van der Waals surface area (Å²) < 4.78 is 26.6. The molecule has 8 nitrogen and oxygen atoms in total. The Kier molecular flexibility index (Phi) is 8.80. The van der Waals surface area contributed by atoms with Gasteiger partial charge >= 0.3 is 17.9 Å². The standard InChI is InChI=1S/C12H16BrFO8/c1-5(15)20-4-8(18)10(21-6(2)16)11(22-7(3)17)9(14)12(13)19/h8-11,18H,4H2,1-3H3/t8-,9-,10-,11-/m1/s1. The normalized spacial score (nSPS) is 15.9. The molecule has 0 aliphatic heterocycles. The van der Waals surface area contributed by atoms with Gasteiger partial charge in [0.2, 0.25) is 10.9 Å². The van der Waals surface area contributed by atoms with Crippen LogP contribution in [0, 0.1) is 0 Å². The Morgan fingerprint density at radius 3 is 1.82 bits per heavy atom. The summed E-state index contributed by atoms with van der Waals surface area (Å²) in [7, 11) is 0. The average molecular weight is 387 g/mol. The molecule has 10 heteroatoms. The second kappa shape index (κ2) is 9.46. The first-order chi connectivity index (χ1) is 10.1. The van der Waals surface area contributed by atoms with Crippen LogP contribution >= 0.6 is 15.9 Å². The minimum Gasteiger partial charge on any atom is -0.463 e. The zero-order valence-electron chi connectivity index (χ0n) is 12.1. The Morgan fingerprint density at radius 2 is 1.45 bits per heavy atom. The van der Waals surface area contributed by atoms with E-state index in [1.54, 1.807) is 0 Å². The Bertz CT molecular complexity index is 441. The van der Waals surface area contributed by atoms with Crippen molar-refractivity contribution in [2.24, 2.45) is 0 Å². The number of aliphatic hydroxyl groups is 1. The van der Waals surface area contributed by atoms with Gasteiger partial charge in [-0.1, -0.05) is 0 Å². The molecular weight excluding hydrogens is 371 g/mol. The number of alkyl halides is 1. The molecule has 0 aliphatic rings. The number of aliphatic hydroxyl groups excluding tert-OH is 1. The van der Waals surface area contributed by atoms with Crippen LogP contribution in [0.5, 0.6) is 0 Å². The summed E-state index contributed by atoms with van der Waals surface area (Å²) in [5.41, 5.74) is 0. The topological polar surface area (TPSA) is 116 Å². The van der Waals surface area contributed by atoms with Gasteiger partial charge in [0.15, 0.2) is 12.2 Å². The van der Waals surface area contributed by atoms with Gasteiger partial charge in [-0.2, -0.15) is 0 Å². The van der Waals surface area contributed by atoms with Gasteiger partial charge in [0.25, 0.3) is 0 Å². The van der Waals surface area contributed by atoms with Gasteiger partial charge in [0.05, 0.1) is 0 Å². The van der Waals surface area contributed by atoms with Gasteiger partial charge in [-0.05, 0) is 15.9 Å². The molecule has 126 valence electrons. The second-order valence-electron chi connectivity index (χ2n) is 4.22. The molecule has 0 rings (SSSR count). The predicted octanol–water partition coefficient (Wildman–Crippen LogP) is 0.0334. The van der Waals surface area contributed by atoms with Gasteiger partial charge in [0, 0.05) is 20.8 Å². The molecule has 22 heavy (non-hydrogen) atoms. The van der Waals surface area contributed by atoms with Crippen molar-refractivity contribution < 1.29 is 42.9 Å². The monoisotopic (exact) mass is 386 g/mol. The first-order valence-corrected chi connectivity index (χ1v) is 6.84. The van der Waals surface area contributed by atoms with E-state index in [1.807, 2.05) is 0 Å². The molecule has 0 aromatic rings. The third-order valence-corrected chi connectivity index (χ3v) is 2.71.